The highest BCUT2D eigenvalue weighted by Gasteiger charge is 2.51. The lowest BCUT2D eigenvalue weighted by atomic mass is 9.83. The fourth-order valence-corrected chi connectivity index (χ4v) is 4.32. The summed E-state index contributed by atoms with van der Waals surface area (Å²) in [6.45, 7) is 10.8. The number of hydrogen-bond donors (Lipinski definition) is 0. The maximum absolute atomic E-state index is 12.0. The third-order valence-corrected chi connectivity index (χ3v) is 10.1. The first-order valence-corrected chi connectivity index (χ1v) is 11.1. The molecule has 4 atom stereocenters. The largest absolute Gasteiger partial charge is 0.473 e. The monoisotopic (exact) mass is 340 g/mol. The van der Waals surface area contributed by atoms with Crippen molar-refractivity contribution in [3.8, 4) is 0 Å². The number of rotatable bonds is 4. The van der Waals surface area contributed by atoms with Crippen LogP contribution in [-0.2, 0) is 23.5 Å². The van der Waals surface area contributed by atoms with Gasteiger partial charge in [-0.1, -0.05) is 20.8 Å². The maximum Gasteiger partial charge on any atom is 0.337 e. The molecule has 130 valence electrons. The topological polar surface area (TPSA) is 61.8 Å². The van der Waals surface area contributed by atoms with Gasteiger partial charge >= 0.3 is 5.97 Å². The van der Waals surface area contributed by atoms with Crippen LogP contribution >= 0.6 is 0 Å². The van der Waals surface area contributed by atoms with Crippen LogP contribution in [0.2, 0.25) is 18.1 Å². The van der Waals surface area contributed by atoms with Crippen LogP contribution in [0.25, 0.3) is 0 Å². The van der Waals surface area contributed by atoms with Crippen LogP contribution in [0.4, 0.5) is 0 Å². The molecule has 0 aromatic heterocycles. The molecule has 1 heterocycles. The highest BCUT2D eigenvalue weighted by molar-refractivity contribution is 6.74. The van der Waals surface area contributed by atoms with E-state index in [2.05, 4.69) is 33.9 Å². The SMILES string of the molecule is COC(=O)C1=CO[C@@H](O[Si](C)(C)C(C)(C)C)[C@@H]2[C@H](C=O)CC[C@H]12. The summed E-state index contributed by atoms with van der Waals surface area (Å²) in [5.74, 6) is -0.651. The molecule has 0 amide bonds. The second-order valence-corrected chi connectivity index (χ2v) is 12.8. The number of hydrogen-bond acceptors (Lipinski definition) is 5. The Balaban J connectivity index is 2.29. The minimum absolute atomic E-state index is 0.0267. The molecule has 0 unspecified atom stereocenters. The molecule has 0 radical (unpaired) electrons. The summed E-state index contributed by atoms with van der Waals surface area (Å²) >= 11 is 0. The van der Waals surface area contributed by atoms with Gasteiger partial charge in [0.1, 0.15) is 6.29 Å². The molecule has 1 aliphatic heterocycles. The van der Waals surface area contributed by atoms with E-state index in [4.69, 9.17) is 13.9 Å². The molecule has 6 heteroatoms. The Labute approximate surface area is 139 Å². The molecule has 0 saturated heterocycles. The molecule has 0 aromatic carbocycles. The van der Waals surface area contributed by atoms with Gasteiger partial charge in [-0.2, -0.15) is 0 Å². The van der Waals surface area contributed by atoms with Gasteiger partial charge in [0.15, 0.2) is 14.6 Å². The quantitative estimate of drug-likeness (QED) is 0.446. The normalized spacial score (nSPS) is 31.0. The van der Waals surface area contributed by atoms with E-state index in [0.29, 0.717) is 5.57 Å². The predicted octanol–water partition coefficient (Wildman–Crippen LogP) is 3.26. The lowest BCUT2D eigenvalue weighted by molar-refractivity contribution is -0.144. The van der Waals surface area contributed by atoms with Gasteiger partial charge in [-0.05, 0) is 31.0 Å². The lowest BCUT2D eigenvalue weighted by Gasteiger charge is -2.43. The average Bonchev–Trinajstić information content (AvgIpc) is 2.89. The Bertz CT molecular complexity index is 506. The molecular weight excluding hydrogens is 312 g/mol. The smallest absolute Gasteiger partial charge is 0.337 e. The van der Waals surface area contributed by atoms with Crippen LogP contribution in [0.3, 0.4) is 0 Å². The third-order valence-electron chi connectivity index (χ3n) is 5.63. The number of ether oxygens (including phenoxy) is 2. The zero-order chi connectivity index (χ0) is 17.4. The highest BCUT2D eigenvalue weighted by atomic mass is 28.4. The first-order valence-electron chi connectivity index (χ1n) is 8.19. The maximum atomic E-state index is 12.0. The Morgan fingerprint density at radius 1 is 1.35 bits per heavy atom. The molecule has 5 nitrogen and oxygen atoms in total. The molecule has 0 bridgehead atoms. The lowest BCUT2D eigenvalue weighted by Crippen LogP contribution is -2.49. The minimum atomic E-state index is -2.04. The van der Waals surface area contributed by atoms with Crippen molar-refractivity contribution < 1.29 is 23.5 Å². The van der Waals surface area contributed by atoms with Gasteiger partial charge in [0.25, 0.3) is 0 Å². The Hall–Kier alpha value is -1.14. The molecule has 1 aliphatic carbocycles. The Morgan fingerprint density at radius 2 is 2.00 bits per heavy atom. The molecule has 2 rings (SSSR count). The van der Waals surface area contributed by atoms with Gasteiger partial charge in [0.05, 0.1) is 18.9 Å². The number of carbonyl (C=O) groups excluding carboxylic acids is 2. The van der Waals surface area contributed by atoms with E-state index in [9.17, 15) is 9.59 Å². The van der Waals surface area contributed by atoms with Crippen molar-refractivity contribution in [3.05, 3.63) is 11.8 Å². The van der Waals surface area contributed by atoms with Crippen molar-refractivity contribution in [1.29, 1.82) is 0 Å². The fraction of sp³-hybridized carbons (Fsp3) is 0.765. The Kier molecular flexibility index (Phi) is 5.06. The first kappa shape index (κ1) is 18.2. The standard InChI is InChI=1S/C17H28O5Si/c1-17(2,3)23(5,6)22-16-14-11(9-18)7-8-12(14)13(10-21-16)15(19)20-4/h9-12,14,16H,7-8H2,1-6H3/t11-,12+,14+,16-/m0/s1. The van der Waals surface area contributed by atoms with Gasteiger partial charge in [0.2, 0.25) is 0 Å². The van der Waals surface area contributed by atoms with Crippen molar-refractivity contribution in [2.75, 3.05) is 7.11 Å². The number of esters is 1. The first-order chi connectivity index (χ1) is 10.6. The molecule has 1 saturated carbocycles. The highest BCUT2D eigenvalue weighted by Crippen LogP contribution is 2.48. The third kappa shape index (κ3) is 3.38. The van der Waals surface area contributed by atoms with Crippen molar-refractivity contribution in [1.82, 2.24) is 0 Å². The molecule has 23 heavy (non-hydrogen) atoms. The van der Waals surface area contributed by atoms with E-state index in [1.807, 2.05) is 0 Å². The van der Waals surface area contributed by atoms with E-state index in [1.165, 1.54) is 13.4 Å². The molecular formula is C17H28O5Si. The molecule has 2 aliphatic rings. The van der Waals surface area contributed by atoms with Crippen molar-refractivity contribution in [2.45, 2.75) is 58.0 Å². The molecule has 0 N–H and O–H groups in total. The minimum Gasteiger partial charge on any atom is -0.473 e. The summed E-state index contributed by atoms with van der Waals surface area (Å²) < 4.78 is 17.0. The number of carbonyl (C=O) groups is 2. The van der Waals surface area contributed by atoms with E-state index in [1.54, 1.807) is 0 Å². The molecule has 1 fully saturated rings. The molecule has 0 spiro atoms. The zero-order valence-electron chi connectivity index (χ0n) is 14.9. The predicted molar refractivity (Wildman–Crippen MR) is 89.0 cm³/mol. The van der Waals surface area contributed by atoms with E-state index in [-0.39, 0.29) is 28.8 Å². The number of aldehydes is 1. The summed E-state index contributed by atoms with van der Waals surface area (Å²) in [7, 11) is -0.675. The van der Waals surface area contributed by atoms with Gasteiger partial charge in [-0.15, -0.1) is 0 Å². The van der Waals surface area contributed by atoms with Crippen molar-refractivity contribution >= 4 is 20.6 Å². The van der Waals surface area contributed by atoms with E-state index < -0.39 is 14.6 Å². The van der Waals surface area contributed by atoms with Gasteiger partial charge < -0.3 is 18.7 Å². The van der Waals surface area contributed by atoms with Gasteiger partial charge in [-0.25, -0.2) is 4.79 Å². The second-order valence-electron chi connectivity index (χ2n) is 8.01. The van der Waals surface area contributed by atoms with E-state index in [0.717, 1.165) is 19.1 Å². The van der Waals surface area contributed by atoms with Crippen molar-refractivity contribution in [2.24, 2.45) is 17.8 Å². The van der Waals surface area contributed by atoms with Crippen LogP contribution in [0.5, 0.6) is 0 Å². The van der Waals surface area contributed by atoms with Crippen LogP contribution in [-0.4, -0.2) is 34.0 Å². The van der Waals surface area contributed by atoms with Crippen LogP contribution < -0.4 is 0 Å². The summed E-state index contributed by atoms with van der Waals surface area (Å²) in [5, 5.41) is 0.0491. The summed E-state index contributed by atoms with van der Waals surface area (Å²) in [4.78, 5) is 23.4. The Morgan fingerprint density at radius 3 is 2.52 bits per heavy atom. The van der Waals surface area contributed by atoms with Crippen LogP contribution in [0.15, 0.2) is 11.8 Å². The summed E-state index contributed by atoms with van der Waals surface area (Å²) in [5.41, 5.74) is 0.525. The number of fused-ring (bicyclic) bond motifs is 1. The summed E-state index contributed by atoms with van der Waals surface area (Å²) in [6, 6.07) is 0. The fourth-order valence-electron chi connectivity index (χ4n) is 3.18. The van der Waals surface area contributed by atoms with Gasteiger partial charge in [0, 0.05) is 17.8 Å². The zero-order valence-corrected chi connectivity index (χ0v) is 15.9. The van der Waals surface area contributed by atoms with Gasteiger partial charge in [-0.3, -0.25) is 0 Å². The van der Waals surface area contributed by atoms with Crippen LogP contribution in [0.1, 0.15) is 33.6 Å². The van der Waals surface area contributed by atoms with Crippen LogP contribution in [0, 0.1) is 17.8 Å². The second kappa shape index (κ2) is 6.40. The van der Waals surface area contributed by atoms with E-state index >= 15 is 0 Å². The summed E-state index contributed by atoms with van der Waals surface area (Å²) in [6.07, 6.45) is 3.55. The van der Waals surface area contributed by atoms with Crippen molar-refractivity contribution in [3.63, 3.8) is 0 Å². The average molecular weight is 340 g/mol. The number of methoxy groups -OCH3 is 1. The molecule has 0 aromatic rings.